The molecule has 5 heteroatoms. The molecule has 1 aliphatic rings. The van der Waals surface area contributed by atoms with Crippen LogP contribution in [-0.4, -0.2) is 16.6 Å². The van der Waals surface area contributed by atoms with E-state index >= 15 is 0 Å². The van der Waals surface area contributed by atoms with E-state index in [1.807, 2.05) is 0 Å². The van der Waals surface area contributed by atoms with Crippen LogP contribution in [0.4, 0.5) is 5.82 Å². The van der Waals surface area contributed by atoms with Gasteiger partial charge in [0, 0.05) is 17.6 Å². The molecule has 0 saturated heterocycles. The van der Waals surface area contributed by atoms with Gasteiger partial charge in [-0.1, -0.05) is 26.7 Å². The number of allylic oxidation sites excluding steroid dienone is 2. The van der Waals surface area contributed by atoms with E-state index < -0.39 is 0 Å². The topological polar surface area (TPSA) is 84.8 Å². The van der Waals surface area contributed by atoms with Gasteiger partial charge in [-0.2, -0.15) is 15.2 Å². The third-order valence-electron chi connectivity index (χ3n) is 3.39. The predicted molar refractivity (Wildman–Crippen MR) is 78.0 cm³/mol. The Labute approximate surface area is 119 Å². The summed E-state index contributed by atoms with van der Waals surface area (Å²) in [5, 5.41) is 9.24. The highest BCUT2D eigenvalue weighted by molar-refractivity contribution is 5.79. The van der Waals surface area contributed by atoms with Crippen LogP contribution in [0.15, 0.2) is 5.57 Å². The predicted octanol–water partition coefficient (Wildman–Crippen LogP) is 2.87. The number of ether oxygens (including phenoxy) is 1. The number of nitrogen functional groups attached to an aromatic ring is 1. The lowest BCUT2D eigenvalue weighted by Crippen LogP contribution is -2.07. The molecule has 0 bridgehead atoms. The number of nitriles is 1. The first-order chi connectivity index (χ1) is 9.71. The Morgan fingerprint density at radius 3 is 2.75 bits per heavy atom. The number of aromatic nitrogens is 2. The summed E-state index contributed by atoms with van der Waals surface area (Å²) >= 11 is 0. The van der Waals surface area contributed by atoms with Gasteiger partial charge in [0.15, 0.2) is 0 Å². The molecule has 106 valence electrons. The monoisotopic (exact) mass is 272 g/mol. The zero-order chi connectivity index (χ0) is 14.5. The average molecular weight is 272 g/mol. The number of fused-ring (bicyclic) bond motifs is 1. The highest BCUT2D eigenvalue weighted by Crippen LogP contribution is 2.37. The maximum atomic E-state index is 9.24. The van der Waals surface area contributed by atoms with Crippen LogP contribution >= 0.6 is 0 Å². The van der Waals surface area contributed by atoms with Gasteiger partial charge in [0.05, 0.1) is 18.4 Å². The first-order valence-electron chi connectivity index (χ1n) is 7.12. The van der Waals surface area contributed by atoms with Gasteiger partial charge in [-0.15, -0.1) is 0 Å². The van der Waals surface area contributed by atoms with Crippen LogP contribution in [0.5, 0.6) is 6.01 Å². The van der Waals surface area contributed by atoms with Crippen molar-refractivity contribution < 1.29 is 4.74 Å². The van der Waals surface area contributed by atoms with E-state index in [4.69, 9.17) is 10.5 Å². The Balaban J connectivity index is 2.32. The fourth-order valence-electron chi connectivity index (χ4n) is 2.33. The average Bonchev–Trinajstić information content (AvgIpc) is 2.79. The quantitative estimate of drug-likeness (QED) is 0.805. The molecular formula is C15H20N4O. The van der Waals surface area contributed by atoms with Gasteiger partial charge < -0.3 is 10.5 Å². The van der Waals surface area contributed by atoms with E-state index in [9.17, 15) is 5.26 Å². The van der Waals surface area contributed by atoms with Crippen molar-refractivity contribution in [1.29, 1.82) is 5.26 Å². The molecule has 0 spiro atoms. The molecular weight excluding hydrogens is 252 g/mol. The molecule has 0 saturated carbocycles. The van der Waals surface area contributed by atoms with Crippen molar-refractivity contribution in [2.24, 2.45) is 0 Å². The van der Waals surface area contributed by atoms with E-state index in [0.29, 0.717) is 24.9 Å². The van der Waals surface area contributed by atoms with Crippen LogP contribution in [0, 0.1) is 11.3 Å². The number of hydrogen-bond acceptors (Lipinski definition) is 5. The lowest BCUT2D eigenvalue weighted by molar-refractivity contribution is 0.285. The van der Waals surface area contributed by atoms with Gasteiger partial charge in [0.1, 0.15) is 5.82 Å². The zero-order valence-corrected chi connectivity index (χ0v) is 12.1. The van der Waals surface area contributed by atoms with Gasteiger partial charge in [-0.3, -0.25) is 0 Å². The summed E-state index contributed by atoms with van der Waals surface area (Å²) < 4.78 is 5.54. The van der Waals surface area contributed by atoms with Crippen molar-refractivity contribution in [3.63, 3.8) is 0 Å². The van der Waals surface area contributed by atoms with Crippen LogP contribution in [0.25, 0.3) is 5.57 Å². The molecule has 0 unspecified atom stereocenters. The second-order valence-electron chi connectivity index (χ2n) is 4.92. The van der Waals surface area contributed by atoms with E-state index in [1.165, 1.54) is 0 Å². The highest BCUT2D eigenvalue weighted by Gasteiger charge is 2.26. The fraction of sp³-hybridized carbons (Fsp3) is 0.533. The SMILES string of the molecule is CCCCOc1nc(N)c2c(n1)C(CCC)=C(C#N)C2. The summed E-state index contributed by atoms with van der Waals surface area (Å²) in [7, 11) is 0. The van der Waals surface area contributed by atoms with Crippen molar-refractivity contribution in [2.45, 2.75) is 46.0 Å². The molecule has 2 rings (SSSR count). The van der Waals surface area contributed by atoms with E-state index in [-0.39, 0.29) is 0 Å². The summed E-state index contributed by atoms with van der Waals surface area (Å²) in [6.07, 6.45) is 4.36. The molecule has 1 heterocycles. The summed E-state index contributed by atoms with van der Waals surface area (Å²) in [5.41, 5.74) is 9.42. The lowest BCUT2D eigenvalue weighted by atomic mass is 10.1. The maximum Gasteiger partial charge on any atom is 0.318 e. The van der Waals surface area contributed by atoms with Crippen molar-refractivity contribution in [3.05, 3.63) is 16.8 Å². The molecule has 0 aliphatic heterocycles. The highest BCUT2D eigenvalue weighted by atomic mass is 16.5. The Bertz CT molecular complexity index is 572. The molecule has 5 nitrogen and oxygen atoms in total. The smallest absolute Gasteiger partial charge is 0.318 e. The molecule has 1 aliphatic carbocycles. The minimum Gasteiger partial charge on any atom is -0.463 e. The number of unbranched alkanes of at least 4 members (excludes halogenated alkanes) is 1. The van der Waals surface area contributed by atoms with Crippen LogP contribution in [-0.2, 0) is 6.42 Å². The van der Waals surface area contributed by atoms with Gasteiger partial charge in [0.25, 0.3) is 0 Å². The number of nitrogens with two attached hydrogens (primary N) is 1. The minimum atomic E-state index is 0.322. The Kier molecular flexibility index (Phi) is 4.57. The molecule has 0 fully saturated rings. The van der Waals surface area contributed by atoms with Crippen molar-refractivity contribution in [1.82, 2.24) is 9.97 Å². The third-order valence-corrected chi connectivity index (χ3v) is 3.39. The fourth-order valence-corrected chi connectivity index (χ4v) is 2.33. The summed E-state index contributed by atoms with van der Waals surface area (Å²) in [5.74, 6) is 0.431. The Hall–Kier alpha value is -2.09. The molecule has 0 radical (unpaired) electrons. The first kappa shape index (κ1) is 14.3. The summed E-state index contributed by atoms with van der Waals surface area (Å²) in [6, 6.07) is 2.58. The Morgan fingerprint density at radius 2 is 2.10 bits per heavy atom. The van der Waals surface area contributed by atoms with Crippen LogP contribution in [0.1, 0.15) is 50.8 Å². The zero-order valence-electron chi connectivity index (χ0n) is 12.1. The van der Waals surface area contributed by atoms with Crippen molar-refractivity contribution in [2.75, 3.05) is 12.3 Å². The normalized spacial score (nSPS) is 13.2. The van der Waals surface area contributed by atoms with Crippen LogP contribution < -0.4 is 10.5 Å². The number of rotatable bonds is 6. The Morgan fingerprint density at radius 1 is 1.30 bits per heavy atom. The molecule has 2 N–H and O–H groups in total. The van der Waals surface area contributed by atoms with Gasteiger partial charge >= 0.3 is 6.01 Å². The van der Waals surface area contributed by atoms with E-state index in [1.54, 1.807) is 0 Å². The molecule has 0 aromatic carbocycles. The van der Waals surface area contributed by atoms with Crippen molar-refractivity contribution in [3.8, 4) is 12.1 Å². The van der Waals surface area contributed by atoms with E-state index in [2.05, 4.69) is 29.9 Å². The lowest BCUT2D eigenvalue weighted by Gasteiger charge is -2.09. The standard InChI is InChI=1S/C15H20N4O/c1-3-5-7-20-15-18-13-11(6-4-2)10(9-16)8-12(13)14(17)19-15/h3-8H2,1-2H3,(H2,17,18,19). The number of hydrogen-bond donors (Lipinski definition) is 1. The second-order valence-corrected chi connectivity index (χ2v) is 4.92. The molecule has 0 atom stereocenters. The molecule has 0 amide bonds. The van der Waals surface area contributed by atoms with Crippen LogP contribution in [0.3, 0.4) is 0 Å². The minimum absolute atomic E-state index is 0.322. The van der Waals surface area contributed by atoms with Gasteiger partial charge in [0.2, 0.25) is 0 Å². The first-order valence-corrected chi connectivity index (χ1v) is 7.12. The third kappa shape index (κ3) is 2.74. The maximum absolute atomic E-state index is 9.24. The number of anilines is 1. The van der Waals surface area contributed by atoms with Gasteiger partial charge in [-0.25, -0.2) is 0 Å². The molecule has 1 aromatic rings. The van der Waals surface area contributed by atoms with Crippen molar-refractivity contribution >= 4 is 11.4 Å². The van der Waals surface area contributed by atoms with E-state index in [0.717, 1.165) is 48.1 Å². The van der Waals surface area contributed by atoms with Gasteiger partial charge in [-0.05, 0) is 18.4 Å². The summed E-state index contributed by atoms with van der Waals surface area (Å²) in [6.45, 7) is 4.78. The number of nitrogens with zero attached hydrogens (tertiary/aromatic N) is 3. The molecule has 20 heavy (non-hydrogen) atoms. The van der Waals surface area contributed by atoms with Crippen LogP contribution in [0.2, 0.25) is 0 Å². The second kappa shape index (κ2) is 6.38. The summed E-state index contributed by atoms with van der Waals surface area (Å²) in [4.78, 5) is 8.65. The largest absolute Gasteiger partial charge is 0.463 e. The molecule has 1 aromatic heterocycles.